The molecule has 1 aliphatic carbocycles. The molecule has 0 atom stereocenters. The fraction of sp³-hybridized carbons (Fsp3) is 0.318. The first-order chi connectivity index (χ1) is 13.6. The van der Waals surface area contributed by atoms with Gasteiger partial charge in [0, 0.05) is 23.8 Å². The van der Waals surface area contributed by atoms with E-state index in [1.54, 1.807) is 24.3 Å². The molecule has 0 bridgehead atoms. The Bertz CT molecular complexity index is 813. The van der Waals surface area contributed by atoms with Gasteiger partial charge in [0.1, 0.15) is 0 Å². The summed E-state index contributed by atoms with van der Waals surface area (Å²) in [5.74, 6) is -1.55. The molecular formula is C22H25N3O3. The molecule has 6 heteroatoms. The van der Waals surface area contributed by atoms with Crippen LogP contribution >= 0.6 is 0 Å². The van der Waals surface area contributed by atoms with Gasteiger partial charge in [-0.25, -0.2) is 0 Å². The Labute approximate surface area is 164 Å². The summed E-state index contributed by atoms with van der Waals surface area (Å²) < 4.78 is 0. The standard InChI is InChI=1S/C22H25N3O3/c26-20(24-18-9-5-2-6-10-18)17-11-13-19(14-12-17)25-22(28)21(27)23-15-16-7-3-1-4-8-16/h1,3-4,7-8,11-14,18H,2,5-6,9-10,15H2,(H,23,27)(H,24,26)(H,25,28). The molecular weight excluding hydrogens is 354 g/mol. The monoisotopic (exact) mass is 379 g/mol. The van der Waals surface area contributed by atoms with E-state index >= 15 is 0 Å². The molecule has 1 aliphatic rings. The second-order valence-corrected chi connectivity index (χ2v) is 7.01. The number of nitrogens with one attached hydrogen (secondary N) is 3. The molecule has 146 valence electrons. The number of benzene rings is 2. The summed E-state index contributed by atoms with van der Waals surface area (Å²) >= 11 is 0. The first kappa shape index (κ1) is 19.6. The number of hydrogen-bond acceptors (Lipinski definition) is 3. The van der Waals surface area contributed by atoms with Crippen molar-refractivity contribution in [2.75, 3.05) is 5.32 Å². The highest BCUT2D eigenvalue weighted by Gasteiger charge is 2.17. The molecule has 3 rings (SSSR count). The van der Waals surface area contributed by atoms with E-state index < -0.39 is 11.8 Å². The van der Waals surface area contributed by atoms with Crippen molar-refractivity contribution in [2.45, 2.75) is 44.7 Å². The van der Waals surface area contributed by atoms with E-state index in [0.29, 0.717) is 11.3 Å². The van der Waals surface area contributed by atoms with Crippen LogP contribution < -0.4 is 16.0 Å². The number of hydrogen-bond donors (Lipinski definition) is 3. The van der Waals surface area contributed by atoms with E-state index in [9.17, 15) is 14.4 Å². The molecule has 0 aromatic heterocycles. The first-order valence-electron chi connectivity index (χ1n) is 9.66. The van der Waals surface area contributed by atoms with Gasteiger partial charge >= 0.3 is 11.8 Å². The van der Waals surface area contributed by atoms with E-state index in [0.717, 1.165) is 31.2 Å². The van der Waals surface area contributed by atoms with Gasteiger partial charge in [0.15, 0.2) is 0 Å². The van der Waals surface area contributed by atoms with E-state index in [4.69, 9.17) is 0 Å². The van der Waals surface area contributed by atoms with Gasteiger partial charge in [0.25, 0.3) is 5.91 Å². The summed E-state index contributed by atoms with van der Waals surface area (Å²) in [5.41, 5.74) is 1.92. The summed E-state index contributed by atoms with van der Waals surface area (Å²) in [7, 11) is 0. The highest BCUT2D eigenvalue weighted by atomic mass is 16.2. The number of amides is 3. The van der Waals surface area contributed by atoms with Crippen molar-refractivity contribution in [1.29, 1.82) is 0 Å². The second-order valence-electron chi connectivity index (χ2n) is 7.01. The maximum atomic E-state index is 12.3. The topological polar surface area (TPSA) is 87.3 Å². The Balaban J connectivity index is 1.48. The molecule has 0 saturated heterocycles. The van der Waals surface area contributed by atoms with Crippen molar-refractivity contribution in [3.63, 3.8) is 0 Å². The normalized spacial score (nSPS) is 14.1. The summed E-state index contributed by atoms with van der Waals surface area (Å²) in [6.07, 6.45) is 5.60. The highest BCUT2D eigenvalue weighted by molar-refractivity contribution is 6.39. The van der Waals surface area contributed by atoms with E-state index in [1.807, 2.05) is 30.3 Å². The Morgan fingerprint density at radius 1 is 0.821 bits per heavy atom. The number of carbonyl (C=O) groups excluding carboxylic acids is 3. The van der Waals surface area contributed by atoms with Crippen LogP contribution in [0, 0.1) is 0 Å². The minimum absolute atomic E-state index is 0.106. The number of rotatable bonds is 5. The lowest BCUT2D eigenvalue weighted by molar-refractivity contribution is -0.136. The van der Waals surface area contributed by atoms with Crippen molar-refractivity contribution >= 4 is 23.4 Å². The number of anilines is 1. The summed E-state index contributed by atoms with van der Waals surface area (Å²) in [6.45, 7) is 0.285. The predicted octanol–water partition coefficient (Wildman–Crippen LogP) is 3.00. The Hall–Kier alpha value is -3.15. The maximum absolute atomic E-state index is 12.3. The van der Waals surface area contributed by atoms with E-state index in [-0.39, 0.29) is 18.5 Å². The van der Waals surface area contributed by atoms with Gasteiger partial charge < -0.3 is 16.0 Å². The fourth-order valence-electron chi connectivity index (χ4n) is 3.27. The predicted molar refractivity (Wildman–Crippen MR) is 108 cm³/mol. The SMILES string of the molecule is O=C(NCc1ccccc1)C(=O)Nc1ccc(C(=O)NC2CCCCC2)cc1. The molecule has 0 aliphatic heterocycles. The smallest absolute Gasteiger partial charge is 0.313 e. The second kappa shape index (κ2) is 9.69. The average molecular weight is 379 g/mol. The van der Waals surface area contributed by atoms with Crippen LogP contribution in [0.25, 0.3) is 0 Å². The molecule has 1 saturated carbocycles. The summed E-state index contributed by atoms with van der Waals surface area (Å²) in [4.78, 5) is 36.3. The Morgan fingerprint density at radius 3 is 2.18 bits per heavy atom. The minimum atomic E-state index is -0.740. The van der Waals surface area contributed by atoms with Crippen molar-refractivity contribution in [3.8, 4) is 0 Å². The zero-order valence-electron chi connectivity index (χ0n) is 15.7. The highest BCUT2D eigenvalue weighted by Crippen LogP contribution is 2.18. The zero-order valence-corrected chi connectivity index (χ0v) is 15.7. The first-order valence-corrected chi connectivity index (χ1v) is 9.66. The molecule has 3 N–H and O–H groups in total. The number of carbonyl (C=O) groups is 3. The largest absolute Gasteiger partial charge is 0.349 e. The van der Waals surface area contributed by atoms with Gasteiger partial charge in [-0.1, -0.05) is 49.6 Å². The van der Waals surface area contributed by atoms with Crippen LogP contribution in [0.3, 0.4) is 0 Å². The molecule has 2 aromatic carbocycles. The average Bonchev–Trinajstić information content (AvgIpc) is 2.74. The molecule has 0 radical (unpaired) electrons. The molecule has 2 aromatic rings. The van der Waals surface area contributed by atoms with Gasteiger partial charge in [-0.05, 0) is 42.7 Å². The molecule has 1 fully saturated rings. The quantitative estimate of drug-likeness (QED) is 0.698. The van der Waals surface area contributed by atoms with Gasteiger partial charge in [-0.3, -0.25) is 14.4 Å². The van der Waals surface area contributed by atoms with Crippen LogP contribution in [0.15, 0.2) is 54.6 Å². The van der Waals surface area contributed by atoms with Crippen molar-refractivity contribution < 1.29 is 14.4 Å². The third-order valence-corrected chi connectivity index (χ3v) is 4.85. The van der Waals surface area contributed by atoms with Crippen LogP contribution in [-0.2, 0) is 16.1 Å². The van der Waals surface area contributed by atoms with Crippen molar-refractivity contribution in [1.82, 2.24) is 10.6 Å². The fourth-order valence-corrected chi connectivity index (χ4v) is 3.27. The van der Waals surface area contributed by atoms with Crippen molar-refractivity contribution in [3.05, 3.63) is 65.7 Å². The molecule has 28 heavy (non-hydrogen) atoms. The van der Waals surface area contributed by atoms with Crippen LogP contribution in [0.2, 0.25) is 0 Å². The summed E-state index contributed by atoms with van der Waals surface area (Å²) in [6, 6.07) is 16.2. The minimum Gasteiger partial charge on any atom is -0.349 e. The van der Waals surface area contributed by atoms with Crippen molar-refractivity contribution in [2.24, 2.45) is 0 Å². The Morgan fingerprint density at radius 2 is 1.50 bits per heavy atom. The zero-order chi connectivity index (χ0) is 19.8. The molecule has 0 spiro atoms. The molecule has 0 heterocycles. The van der Waals surface area contributed by atoms with Crippen LogP contribution in [-0.4, -0.2) is 23.8 Å². The Kier molecular flexibility index (Phi) is 6.78. The van der Waals surface area contributed by atoms with Gasteiger partial charge in [0.05, 0.1) is 0 Å². The maximum Gasteiger partial charge on any atom is 0.313 e. The van der Waals surface area contributed by atoms with E-state index in [2.05, 4.69) is 16.0 Å². The lowest BCUT2D eigenvalue weighted by Crippen LogP contribution is -2.36. The van der Waals surface area contributed by atoms with Crippen LogP contribution in [0.5, 0.6) is 0 Å². The lowest BCUT2D eigenvalue weighted by Gasteiger charge is -2.22. The van der Waals surface area contributed by atoms with Crippen LogP contribution in [0.1, 0.15) is 48.0 Å². The molecule has 3 amide bonds. The molecule has 6 nitrogen and oxygen atoms in total. The van der Waals surface area contributed by atoms with Crippen LogP contribution in [0.4, 0.5) is 5.69 Å². The molecule has 0 unspecified atom stereocenters. The third kappa shape index (κ3) is 5.67. The van der Waals surface area contributed by atoms with Gasteiger partial charge in [-0.15, -0.1) is 0 Å². The third-order valence-electron chi connectivity index (χ3n) is 4.85. The lowest BCUT2D eigenvalue weighted by atomic mass is 9.95. The summed E-state index contributed by atoms with van der Waals surface area (Å²) in [5, 5.41) is 8.18. The van der Waals surface area contributed by atoms with Gasteiger partial charge in [-0.2, -0.15) is 0 Å². The van der Waals surface area contributed by atoms with Gasteiger partial charge in [0.2, 0.25) is 0 Å². The van der Waals surface area contributed by atoms with E-state index in [1.165, 1.54) is 6.42 Å².